The van der Waals surface area contributed by atoms with Gasteiger partial charge in [0.25, 0.3) is 0 Å². The summed E-state index contributed by atoms with van der Waals surface area (Å²) in [6.07, 6.45) is 1.98. The van der Waals surface area contributed by atoms with E-state index in [-0.39, 0.29) is 12.1 Å². The Bertz CT molecular complexity index is 788. The third kappa shape index (κ3) is 3.47. The van der Waals surface area contributed by atoms with Crippen molar-refractivity contribution in [3.8, 4) is 11.5 Å². The van der Waals surface area contributed by atoms with Crippen molar-refractivity contribution >= 4 is 6.03 Å². The van der Waals surface area contributed by atoms with Crippen molar-refractivity contribution in [3.05, 3.63) is 59.2 Å². The lowest BCUT2D eigenvalue weighted by Crippen LogP contribution is -2.39. The predicted octanol–water partition coefficient (Wildman–Crippen LogP) is 3.81. The molecule has 0 radical (unpaired) electrons. The molecule has 1 N–H and O–H groups in total. The third-order valence-electron chi connectivity index (χ3n) is 5.03. The molecule has 2 aliphatic heterocycles. The Morgan fingerprint density at radius 3 is 2.69 bits per heavy atom. The van der Waals surface area contributed by atoms with Crippen LogP contribution in [0, 0.1) is 6.92 Å². The topological polar surface area (TPSA) is 50.8 Å². The van der Waals surface area contributed by atoms with E-state index in [2.05, 4.69) is 36.5 Å². The summed E-state index contributed by atoms with van der Waals surface area (Å²) in [7, 11) is 0. The van der Waals surface area contributed by atoms with Gasteiger partial charge in [-0.15, -0.1) is 0 Å². The molecule has 5 heteroatoms. The van der Waals surface area contributed by atoms with Crippen LogP contribution in [0.2, 0.25) is 0 Å². The summed E-state index contributed by atoms with van der Waals surface area (Å²) in [4.78, 5) is 14.6. The number of urea groups is 1. The molecule has 2 amide bonds. The molecular formula is C21H24N2O3. The van der Waals surface area contributed by atoms with Gasteiger partial charge in [-0.05, 0) is 43.0 Å². The number of amides is 2. The van der Waals surface area contributed by atoms with Gasteiger partial charge in [0.05, 0.1) is 6.04 Å². The molecule has 1 unspecified atom stereocenters. The number of carbonyl (C=O) groups excluding carboxylic acids is 1. The summed E-state index contributed by atoms with van der Waals surface area (Å²) in [5, 5.41) is 3.05. The summed E-state index contributed by atoms with van der Waals surface area (Å²) in [5.41, 5.74) is 3.44. The zero-order chi connectivity index (χ0) is 17.9. The molecular weight excluding hydrogens is 328 g/mol. The Balaban J connectivity index is 1.44. The monoisotopic (exact) mass is 352 g/mol. The molecule has 0 aromatic heterocycles. The molecule has 1 saturated heterocycles. The number of likely N-dealkylation sites (tertiary alicyclic amines) is 1. The summed E-state index contributed by atoms with van der Waals surface area (Å²) < 4.78 is 11.3. The molecule has 2 heterocycles. The first-order valence-corrected chi connectivity index (χ1v) is 9.20. The van der Waals surface area contributed by atoms with E-state index in [0.717, 1.165) is 42.0 Å². The van der Waals surface area contributed by atoms with E-state index in [1.54, 1.807) is 0 Å². The van der Waals surface area contributed by atoms with Crippen LogP contribution < -0.4 is 14.8 Å². The van der Waals surface area contributed by atoms with Crippen molar-refractivity contribution < 1.29 is 14.3 Å². The highest BCUT2D eigenvalue weighted by molar-refractivity contribution is 5.75. The average Bonchev–Trinajstić information content (AvgIpc) is 3.17. The van der Waals surface area contributed by atoms with E-state index < -0.39 is 0 Å². The Morgan fingerprint density at radius 1 is 1.12 bits per heavy atom. The molecule has 26 heavy (non-hydrogen) atoms. The number of ether oxygens (including phenoxy) is 2. The fraction of sp³-hybridized carbons (Fsp3) is 0.381. The quantitative estimate of drug-likeness (QED) is 0.914. The standard InChI is InChI=1S/C21H24N2O3/c1-15-4-6-16(7-5-15)14-22-21(24)23-10-2-3-18(23)17-8-9-19-20(13-17)26-12-11-25-19/h4-9,13,18H,2-3,10-12,14H2,1H3,(H,22,24). The average molecular weight is 352 g/mol. The molecule has 0 aliphatic carbocycles. The van der Waals surface area contributed by atoms with Crippen LogP contribution in [0.1, 0.15) is 35.6 Å². The molecule has 0 bridgehead atoms. The molecule has 2 aromatic rings. The van der Waals surface area contributed by atoms with Gasteiger partial charge in [-0.1, -0.05) is 35.9 Å². The van der Waals surface area contributed by atoms with Crippen molar-refractivity contribution in [3.63, 3.8) is 0 Å². The zero-order valence-corrected chi connectivity index (χ0v) is 15.0. The van der Waals surface area contributed by atoms with E-state index in [1.807, 2.05) is 23.1 Å². The Kier molecular flexibility index (Phi) is 4.69. The fourth-order valence-corrected chi connectivity index (χ4v) is 3.61. The SMILES string of the molecule is Cc1ccc(CNC(=O)N2CCCC2c2ccc3c(c2)OCCO3)cc1. The normalized spacial score (nSPS) is 18.7. The van der Waals surface area contributed by atoms with Crippen LogP contribution in [-0.4, -0.2) is 30.7 Å². The van der Waals surface area contributed by atoms with Crippen molar-refractivity contribution in [2.45, 2.75) is 32.4 Å². The number of benzene rings is 2. The minimum atomic E-state index is -0.0111. The van der Waals surface area contributed by atoms with Crippen LogP contribution in [0.5, 0.6) is 11.5 Å². The van der Waals surface area contributed by atoms with Gasteiger partial charge >= 0.3 is 6.03 Å². The summed E-state index contributed by atoms with van der Waals surface area (Å²) >= 11 is 0. The highest BCUT2D eigenvalue weighted by Crippen LogP contribution is 2.38. The minimum absolute atomic E-state index is 0.0111. The van der Waals surface area contributed by atoms with Crippen LogP contribution in [0.25, 0.3) is 0 Å². The highest BCUT2D eigenvalue weighted by Gasteiger charge is 2.30. The third-order valence-corrected chi connectivity index (χ3v) is 5.03. The summed E-state index contributed by atoms with van der Waals surface area (Å²) in [5.74, 6) is 1.56. The molecule has 1 atom stereocenters. The van der Waals surface area contributed by atoms with Gasteiger partial charge in [0.15, 0.2) is 11.5 Å². The summed E-state index contributed by atoms with van der Waals surface area (Å²) in [6.45, 7) is 4.54. The second-order valence-electron chi connectivity index (χ2n) is 6.90. The number of nitrogens with one attached hydrogen (secondary N) is 1. The number of nitrogens with zero attached hydrogens (tertiary/aromatic N) is 1. The first kappa shape index (κ1) is 16.8. The van der Waals surface area contributed by atoms with Crippen molar-refractivity contribution in [1.29, 1.82) is 0 Å². The molecule has 2 aromatic carbocycles. The van der Waals surface area contributed by atoms with Crippen molar-refractivity contribution in [2.24, 2.45) is 0 Å². The molecule has 0 saturated carbocycles. The molecule has 136 valence electrons. The Morgan fingerprint density at radius 2 is 1.88 bits per heavy atom. The fourth-order valence-electron chi connectivity index (χ4n) is 3.61. The smallest absolute Gasteiger partial charge is 0.318 e. The first-order valence-electron chi connectivity index (χ1n) is 9.20. The number of fused-ring (bicyclic) bond motifs is 1. The van der Waals surface area contributed by atoms with E-state index >= 15 is 0 Å². The van der Waals surface area contributed by atoms with E-state index in [1.165, 1.54) is 5.56 Å². The number of aryl methyl sites for hydroxylation is 1. The largest absolute Gasteiger partial charge is 0.486 e. The molecule has 4 rings (SSSR count). The number of hydrogen-bond donors (Lipinski definition) is 1. The second-order valence-corrected chi connectivity index (χ2v) is 6.90. The second kappa shape index (κ2) is 7.28. The number of rotatable bonds is 3. The molecule has 1 fully saturated rings. The lowest BCUT2D eigenvalue weighted by molar-refractivity contribution is 0.170. The van der Waals surface area contributed by atoms with E-state index in [0.29, 0.717) is 19.8 Å². The van der Waals surface area contributed by atoms with Crippen LogP contribution in [0.15, 0.2) is 42.5 Å². The molecule has 5 nitrogen and oxygen atoms in total. The maximum Gasteiger partial charge on any atom is 0.318 e. The highest BCUT2D eigenvalue weighted by atomic mass is 16.6. The zero-order valence-electron chi connectivity index (χ0n) is 15.0. The maximum atomic E-state index is 12.7. The number of carbonyl (C=O) groups is 1. The van der Waals surface area contributed by atoms with Crippen LogP contribution in [0.4, 0.5) is 4.79 Å². The van der Waals surface area contributed by atoms with Crippen LogP contribution >= 0.6 is 0 Å². The van der Waals surface area contributed by atoms with Gasteiger partial charge in [0, 0.05) is 13.1 Å². The van der Waals surface area contributed by atoms with Gasteiger partial charge < -0.3 is 19.7 Å². The van der Waals surface area contributed by atoms with Gasteiger partial charge in [-0.3, -0.25) is 0 Å². The first-order chi connectivity index (χ1) is 12.7. The van der Waals surface area contributed by atoms with Gasteiger partial charge in [0.2, 0.25) is 0 Å². The van der Waals surface area contributed by atoms with Gasteiger partial charge in [0.1, 0.15) is 13.2 Å². The number of hydrogen-bond acceptors (Lipinski definition) is 3. The lowest BCUT2D eigenvalue weighted by Gasteiger charge is -2.27. The van der Waals surface area contributed by atoms with Gasteiger partial charge in [-0.25, -0.2) is 4.79 Å². The van der Waals surface area contributed by atoms with E-state index in [9.17, 15) is 4.79 Å². The Labute approximate surface area is 153 Å². The van der Waals surface area contributed by atoms with Crippen LogP contribution in [0.3, 0.4) is 0 Å². The lowest BCUT2D eigenvalue weighted by atomic mass is 10.0. The minimum Gasteiger partial charge on any atom is -0.486 e. The maximum absolute atomic E-state index is 12.7. The van der Waals surface area contributed by atoms with Crippen molar-refractivity contribution in [1.82, 2.24) is 10.2 Å². The molecule has 2 aliphatic rings. The van der Waals surface area contributed by atoms with Gasteiger partial charge in [-0.2, -0.15) is 0 Å². The van der Waals surface area contributed by atoms with Crippen LogP contribution in [-0.2, 0) is 6.54 Å². The Hall–Kier alpha value is -2.69. The van der Waals surface area contributed by atoms with E-state index in [4.69, 9.17) is 9.47 Å². The summed E-state index contributed by atoms with van der Waals surface area (Å²) in [6, 6.07) is 14.3. The van der Waals surface area contributed by atoms with Crippen molar-refractivity contribution in [2.75, 3.05) is 19.8 Å². The predicted molar refractivity (Wildman–Crippen MR) is 99.5 cm³/mol. The molecule has 0 spiro atoms.